The molecule has 1 aliphatic rings. The minimum atomic E-state index is -0.685. The number of rotatable bonds is 5. The van der Waals surface area contributed by atoms with Crippen molar-refractivity contribution < 1.29 is 23.4 Å². The van der Waals surface area contributed by atoms with E-state index in [1.54, 1.807) is 12.3 Å². The van der Waals surface area contributed by atoms with Crippen molar-refractivity contribution >= 4 is 17.7 Å². The number of hydrogen-bond donors (Lipinski definition) is 0. The Morgan fingerprint density at radius 2 is 2.15 bits per heavy atom. The van der Waals surface area contributed by atoms with Crippen LogP contribution in [0.1, 0.15) is 16.1 Å². The largest absolute Gasteiger partial charge is 0.464 e. The summed E-state index contributed by atoms with van der Waals surface area (Å²) >= 11 is 1.43. The lowest BCUT2D eigenvalue weighted by Gasteiger charge is -2.05. The smallest absolute Gasteiger partial charge is 0.343 e. The lowest BCUT2D eigenvalue weighted by molar-refractivity contribution is 0.0728. The zero-order valence-corrected chi connectivity index (χ0v) is 15.0. The molecule has 9 heteroatoms. The van der Waals surface area contributed by atoms with Crippen LogP contribution in [0.25, 0.3) is 0 Å². The first-order chi connectivity index (χ1) is 13.1. The SMILES string of the molecule is Cn1ccnc1SCc1cc(=O)c(OC(=O)c2ccc3c(c2)OCO3)co1. The van der Waals surface area contributed by atoms with E-state index in [1.807, 2.05) is 17.8 Å². The molecule has 0 amide bonds. The first-order valence-electron chi connectivity index (χ1n) is 7.94. The molecule has 8 nitrogen and oxygen atoms in total. The second-order valence-corrected chi connectivity index (χ2v) is 6.58. The molecule has 2 aromatic heterocycles. The van der Waals surface area contributed by atoms with Crippen molar-refractivity contribution in [2.24, 2.45) is 7.05 Å². The van der Waals surface area contributed by atoms with Gasteiger partial charge in [-0.05, 0) is 18.2 Å². The number of ether oxygens (including phenoxy) is 3. The third-order valence-corrected chi connectivity index (χ3v) is 4.86. The highest BCUT2D eigenvalue weighted by Crippen LogP contribution is 2.32. The van der Waals surface area contributed by atoms with E-state index < -0.39 is 11.4 Å². The zero-order chi connectivity index (χ0) is 18.8. The van der Waals surface area contributed by atoms with Gasteiger partial charge in [0.05, 0.1) is 11.3 Å². The summed E-state index contributed by atoms with van der Waals surface area (Å²) in [7, 11) is 1.88. The molecule has 0 saturated carbocycles. The molecule has 0 spiro atoms. The first kappa shape index (κ1) is 17.2. The number of esters is 1. The fraction of sp³-hybridized carbons (Fsp3) is 0.167. The lowest BCUT2D eigenvalue weighted by atomic mass is 10.2. The second kappa shape index (κ2) is 7.20. The summed E-state index contributed by atoms with van der Waals surface area (Å²) in [6.45, 7) is 0.106. The Balaban J connectivity index is 1.44. The van der Waals surface area contributed by atoms with Gasteiger partial charge >= 0.3 is 5.97 Å². The van der Waals surface area contributed by atoms with Crippen LogP contribution in [0.4, 0.5) is 0 Å². The summed E-state index contributed by atoms with van der Waals surface area (Å²) in [6, 6.07) is 5.96. The summed E-state index contributed by atoms with van der Waals surface area (Å²) in [6.07, 6.45) is 4.66. The molecule has 0 aliphatic carbocycles. The van der Waals surface area contributed by atoms with Gasteiger partial charge in [0, 0.05) is 25.5 Å². The number of carbonyl (C=O) groups is 1. The quantitative estimate of drug-likeness (QED) is 0.488. The van der Waals surface area contributed by atoms with E-state index in [1.165, 1.54) is 30.0 Å². The van der Waals surface area contributed by atoms with Gasteiger partial charge in [-0.25, -0.2) is 9.78 Å². The number of hydrogen-bond acceptors (Lipinski definition) is 8. The van der Waals surface area contributed by atoms with E-state index >= 15 is 0 Å². The van der Waals surface area contributed by atoms with Gasteiger partial charge in [-0.3, -0.25) is 4.79 Å². The number of carbonyl (C=O) groups excluding carboxylic acids is 1. The number of aryl methyl sites for hydroxylation is 1. The predicted octanol–water partition coefficient (Wildman–Crippen LogP) is 2.61. The number of nitrogens with zero attached hydrogens (tertiary/aromatic N) is 2. The Kier molecular flexibility index (Phi) is 4.59. The van der Waals surface area contributed by atoms with Crippen molar-refractivity contribution in [2.75, 3.05) is 6.79 Å². The standard InChI is InChI=1S/C18H14N2O6S/c1-20-5-4-19-18(20)27-9-12-7-13(21)16(8-23-12)26-17(22)11-2-3-14-15(6-11)25-10-24-14/h2-8H,9-10H2,1H3. The molecular formula is C18H14N2O6S. The van der Waals surface area contributed by atoms with Crippen molar-refractivity contribution in [1.82, 2.24) is 9.55 Å². The maximum absolute atomic E-state index is 12.3. The van der Waals surface area contributed by atoms with Crippen molar-refractivity contribution in [1.29, 1.82) is 0 Å². The molecule has 27 heavy (non-hydrogen) atoms. The van der Waals surface area contributed by atoms with Crippen LogP contribution in [0.2, 0.25) is 0 Å². The molecule has 0 fully saturated rings. The van der Waals surface area contributed by atoms with E-state index in [9.17, 15) is 9.59 Å². The summed E-state index contributed by atoms with van der Waals surface area (Å²) in [5.74, 6) is 1.03. The zero-order valence-electron chi connectivity index (χ0n) is 14.2. The highest BCUT2D eigenvalue weighted by atomic mass is 32.2. The number of imidazole rings is 1. The topological polar surface area (TPSA) is 92.8 Å². The van der Waals surface area contributed by atoms with Gasteiger partial charge in [-0.1, -0.05) is 11.8 Å². The molecule has 0 saturated heterocycles. The van der Waals surface area contributed by atoms with Gasteiger partial charge in [-0.15, -0.1) is 0 Å². The molecule has 0 N–H and O–H groups in total. The van der Waals surface area contributed by atoms with Gasteiger partial charge in [-0.2, -0.15) is 0 Å². The van der Waals surface area contributed by atoms with Crippen molar-refractivity contribution in [3.63, 3.8) is 0 Å². The number of benzene rings is 1. The van der Waals surface area contributed by atoms with Gasteiger partial charge in [0.1, 0.15) is 12.0 Å². The van der Waals surface area contributed by atoms with E-state index in [2.05, 4.69) is 4.98 Å². The molecule has 138 valence electrons. The first-order valence-corrected chi connectivity index (χ1v) is 8.92. The second-order valence-electron chi connectivity index (χ2n) is 5.64. The van der Waals surface area contributed by atoms with Crippen LogP contribution in [-0.2, 0) is 12.8 Å². The minimum Gasteiger partial charge on any atom is -0.464 e. The third kappa shape index (κ3) is 3.68. The molecular weight excluding hydrogens is 372 g/mol. The Labute approximate surface area is 157 Å². The van der Waals surface area contributed by atoms with Crippen LogP contribution < -0.4 is 19.6 Å². The average Bonchev–Trinajstić information content (AvgIpc) is 3.29. The highest BCUT2D eigenvalue weighted by Gasteiger charge is 2.18. The average molecular weight is 386 g/mol. The Morgan fingerprint density at radius 1 is 1.30 bits per heavy atom. The fourth-order valence-electron chi connectivity index (χ4n) is 2.40. The summed E-state index contributed by atoms with van der Waals surface area (Å²) < 4.78 is 22.8. The molecule has 0 radical (unpaired) electrons. The maximum Gasteiger partial charge on any atom is 0.343 e. The molecule has 3 heterocycles. The summed E-state index contributed by atoms with van der Waals surface area (Å²) in [5, 5.41) is 0.802. The predicted molar refractivity (Wildman–Crippen MR) is 95.3 cm³/mol. The van der Waals surface area contributed by atoms with Gasteiger partial charge in [0.15, 0.2) is 16.7 Å². The van der Waals surface area contributed by atoms with E-state index in [4.69, 9.17) is 18.6 Å². The Bertz CT molecular complexity index is 1060. The Hall–Kier alpha value is -3.20. The Morgan fingerprint density at radius 3 is 2.93 bits per heavy atom. The molecule has 0 unspecified atom stereocenters. The van der Waals surface area contributed by atoms with Gasteiger partial charge in [0.25, 0.3) is 0 Å². The number of thioether (sulfide) groups is 1. The fourth-order valence-corrected chi connectivity index (χ4v) is 3.22. The lowest BCUT2D eigenvalue weighted by Crippen LogP contribution is -2.14. The third-order valence-electron chi connectivity index (χ3n) is 3.78. The van der Waals surface area contributed by atoms with Crippen LogP contribution >= 0.6 is 11.8 Å². The molecule has 4 rings (SSSR count). The van der Waals surface area contributed by atoms with Crippen LogP contribution in [0, 0.1) is 0 Å². The monoisotopic (exact) mass is 386 g/mol. The van der Waals surface area contributed by atoms with Crippen LogP contribution in [0.5, 0.6) is 17.2 Å². The molecule has 0 bridgehead atoms. The summed E-state index contributed by atoms with van der Waals surface area (Å²) in [4.78, 5) is 28.7. The van der Waals surface area contributed by atoms with E-state index in [-0.39, 0.29) is 18.1 Å². The molecule has 3 aromatic rings. The minimum absolute atomic E-state index is 0.106. The van der Waals surface area contributed by atoms with Crippen molar-refractivity contribution in [2.45, 2.75) is 10.9 Å². The van der Waals surface area contributed by atoms with Crippen LogP contribution in [-0.4, -0.2) is 22.3 Å². The number of fused-ring (bicyclic) bond motifs is 1. The summed E-state index contributed by atoms with van der Waals surface area (Å²) in [5.41, 5.74) is -0.196. The van der Waals surface area contributed by atoms with Crippen LogP contribution in [0.3, 0.4) is 0 Å². The molecule has 1 aromatic carbocycles. The normalized spacial score (nSPS) is 12.2. The molecule has 0 atom stereocenters. The molecule has 1 aliphatic heterocycles. The number of aromatic nitrogens is 2. The van der Waals surface area contributed by atoms with Crippen LogP contribution in [0.15, 0.2) is 57.3 Å². The highest BCUT2D eigenvalue weighted by molar-refractivity contribution is 7.98. The van der Waals surface area contributed by atoms with Crippen molar-refractivity contribution in [3.05, 3.63) is 64.5 Å². The van der Waals surface area contributed by atoms with E-state index in [0.29, 0.717) is 23.0 Å². The van der Waals surface area contributed by atoms with Gasteiger partial charge < -0.3 is 23.2 Å². The maximum atomic E-state index is 12.3. The van der Waals surface area contributed by atoms with E-state index in [0.717, 1.165) is 11.4 Å². The van der Waals surface area contributed by atoms with Gasteiger partial charge in [0.2, 0.25) is 18.0 Å². The van der Waals surface area contributed by atoms with Crippen molar-refractivity contribution in [3.8, 4) is 17.2 Å².